The van der Waals surface area contributed by atoms with Crippen LogP contribution in [0.4, 0.5) is 8.78 Å². The van der Waals surface area contributed by atoms with Crippen LogP contribution in [0.5, 0.6) is 0 Å². The van der Waals surface area contributed by atoms with E-state index in [0.29, 0.717) is 13.2 Å². The van der Waals surface area contributed by atoms with Gasteiger partial charge in [0, 0.05) is 26.0 Å². The van der Waals surface area contributed by atoms with Crippen molar-refractivity contribution in [2.24, 2.45) is 0 Å². The van der Waals surface area contributed by atoms with Crippen molar-refractivity contribution in [3.8, 4) is 0 Å². The molecule has 1 aromatic rings. The smallest absolute Gasteiger partial charge is 0.319 e. The Hall–Kier alpha value is -1.54. The lowest BCUT2D eigenvalue weighted by molar-refractivity contribution is -0.138. The molecule has 1 saturated heterocycles. The molecule has 0 unspecified atom stereocenters. The second-order valence-corrected chi connectivity index (χ2v) is 4.73. The van der Waals surface area contributed by atoms with E-state index in [1.54, 1.807) is 7.05 Å². The van der Waals surface area contributed by atoms with E-state index in [9.17, 15) is 13.6 Å². The SMILES string of the molecule is C[C@H]1OCCN[C@@H]1C(=O)N(C)Cc1nccn1C(F)F. The van der Waals surface area contributed by atoms with Gasteiger partial charge in [0.2, 0.25) is 5.91 Å². The minimum atomic E-state index is -2.66. The predicted molar refractivity (Wildman–Crippen MR) is 67.2 cm³/mol. The van der Waals surface area contributed by atoms with Gasteiger partial charge in [-0.15, -0.1) is 0 Å². The van der Waals surface area contributed by atoms with E-state index in [0.717, 1.165) is 4.57 Å². The molecule has 0 aromatic carbocycles. The molecule has 0 saturated carbocycles. The third kappa shape index (κ3) is 3.13. The fourth-order valence-electron chi connectivity index (χ4n) is 2.18. The maximum atomic E-state index is 12.7. The predicted octanol–water partition coefficient (Wildman–Crippen LogP) is 0.613. The number of ether oxygens (including phenoxy) is 1. The number of hydrogen-bond donors (Lipinski definition) is 1. The average Bonchev–Trinajstić information content (AvgIpc) is 2.86. The van der Waals surface area contributed by atoms with E-state index in [-0.39, 0.29) is 24.4 Å². The first-order chi connectivity index (χ1) is 9.50. The molecule has 2 atom stereocenters. The monoisotopic (exact) mass is 288 g/mol. The molecule has 2 heterocycles. The van der Waals surface area contributed by atoms with Crippen LogP contribution in [0.1, 0.15) is 19.3 Å². The molecule has 1 aromatic heterocycles. The van der Waals surface area contributed by atoms with Crippen LogP contribution >= 0.6 is 0 Å². The average molecular weight is 288 g/mol. The van der Waals surface area contributed by atoms with Gasteiger partial charge in [0.25, 0.3) is 0 Å². The van der Waals surface area contributed by atoms with Crippen LogP contribution in [0.25, 0.3) is 0 Å². The Morgan fingerprint density at radius 1 is 1.70 bits per heavy atom. The Bertz CT molecular complexity index is 466. The Balaban J connectivity index is 2.02. The molecule has 2 rings (SSSR count). The summed E-state index contributed by atoms with van der Waals surface area (Å²) >= 11 is 0. The van der Waals surface area contributed by atoms with Crippen LogP contribution in [0.3, 0.4) is 0 Å². The molecule has 1 fully saturated rings. The molecule has 8 heteroatoms. The summed E-state index contributed by atoms with van der Waals surface area (Å²) in [6.07, 6.45) is 2.25. The molecule has 0 aliphatic carbocycles. The molecule has 0 spiro atoms. The highest BCUT2D eigenvalue weighted by atomic mass is 19.3. The molecule has 1 N–H and O–H groups in total. The van der Waals surface area contributed by atoms with Crippen LogP contribution in [0.2, 0.25) is 0 Å². The van der Waals surface area contributed by atoms with E-state index in [4.69, 9.17) is 4.74 Å². The van der Waals surface area contributed by atoms with Crippen molar-refractivity contribution in [1.82, 2.24) is 19.8 Å². The number of aromatic nitrogens is 2. The third-order valence-electron chi connectivity index (χ3n) is 3.30. The van der Waals surface area contributed by atoms with Gasteiger partial charge in [0.15, 0.2) is 0 Å². The van der Waals surface area contributed by atoms with Gasteiger partial charge >= 0.3 is 6.55 Å². The maximum absolute atomic E-state index is 12.7. The largest absolute Gasteiger partial charge is 0.375 e. The number of nitrogens with one attached hydrogen (secondary N) is 1. The van der Waals surface area contributed by atoms with Crippen molar-refractivity contribution in [1.29, 1.82) is 0 Å². The highest BCUT2D eigenvalue weighted by Crippen LogP contribution is 2.14. The summed E-state index contributed by atoms with van der Waals surface area (Å²) in [4.78, 5) is 17.5. The molecular formula is C12H18F2N4O2. The van der Waals surface area contributed by atoms with Crippen LogP contribution in [-0.2, 0) is 16.1 Å². The van der Waals surface area contributed by atoms with Gasteiger partial charge in [-0.2, -0.15) is 8.78 Å². The standard InChI is InChI=1S/C12H18F2N4O2/c1-8-10(16-4-6-20-8)11(19)17(2)7-9-15-3-5-18(9)12(13)14/h3,5,8,10,12,16H,4,6-7H2,1-2H3/t8-,10+/m1/s1. The number of carbonyl (C=O) groups is 1. The van der Waals surface area contributed by atoms with E-state index >= 15 is 0 Å². The van der Waals surface area contributed by atoms with Crippen LogP contribution in [0.15, 0.2) is 12.4 Å². The van der Waals surface area contributed by atoms with Gasteiger partial charge in [-0.1, -0.05) is 0 Å². The minimum Gasteiger partial charge on any atom is -0.375 e. The summed E-state index contributed by atoms with van der Waals surface area (Å²) < 4.78 is 31.6. The van der Waals surface area contributed by atoms with E-state index in [2.05, 4.69) is 10.3 Å². The zero-order valence-electron chi connectivity index (χ0n) is 11.4. The van der Waals surface area contributed by atoms with Crippen molar-refractivity contribution < 1.29 is 18.3 Å². The molecule has 1 aliphatic heterocycles. The maximum Gasteiger partial charge on any atom is 0.319 e. The Kier molecular flexibility index (Phi) is 4.66. The molecule has 1 aliphatic rings. The summed E-state index contributed by atoms with van der Waals surface area (Å²) in [6, 6.07) is -0.455. The first kappa shape index (κ1) is 14.9. The second kappa shape index (κ2) is 6.27. The van der Waals surface area contributed by atoms with Gasteiger partial charge < -0.3 is 15.0 Å². The Morgan fingerprint density at radius 2 is 2.45 bits per heavy atom. The third-order valence-corrected chi connectivity index (χ3v) is 3.30. The quantitative estimate of drug-likeness (QED) is 0.882. The molecule has 0 radical (unpaired) electrons. The number of halogens is 2. The highest BCUT2D eigenvalue weighted by Gasteiger charge is 2.31. The van der Waals surface area contributed by atoms with Gasteiger partial charge in [-0.3, -0.25) is 9.36 Å². The summed E-state index contributed by atoms with van der Waals surface area (Å²) in [6.45, 7) is 0.333. The number of morpholine rings is 1. The molecule has 20 heavy (non-hydrogen) atoms. The summed E-state index contributed by atoms with van der Waals surface area (Å²) in [5.74, 6) is -0.0405. The number of nitrogens with zero attached hydrogens (tertiary/aromatic N) is 3. The number of imidazole rings is 1. The number of alkyl halides is 2. The van der Waals surface area contributed by atoms with Gasteiger partial charge in [-0.05, 0) is 6.92 Å². The molecular weight excluding hydrogens is 270 g/mol. The lowest BCUT2D eigenvalue weighted by atomic mass is 10.1. The zero-order valence-corrected chi connectivity index (χ0v) is 11.4. The molecule has 0 bridgehead atoms. The van der Waals surface area contributed by atoms with Crippen molar-refractivity contribution in [2.75, 3.05) is 20.2 Å². The van der Waals surface area contributed by atoms with E-state index < -0.39 is 12.6 Å². The first-order valence-electron chi connectivity index (χ1n) is 6.40. The number of carbonyl (C=O) groups excluding carboxylic acids is 1. The summed E-state index contributed by atoms with van der Waals surface area (Å²) in [7, 11) is 1.57. The van der Waals surface area contributed by atoms with Crippen LogP contribution in [-0.4, -0.2) is 52.7 Å². The van der Waals surface area contributed by atoms with E-state index in [1.165, 1.54) is 17.3 Å². The van der Waals surface area contributed by atoms with Crippen molar-refractivity contribution in [2.45, 2.75) is 32.2 Å². The number of hydrogen-bond acceptors (Lipinski definition) is 4. The number of rotatable bonds is 4. The summed E-state index contributed by atoms with van der Waals surface area (Å²) in [5, 5.41) is 3.07. The lowest BCUT2D eigenvalue weighted by Gasteiger charge is -2.32. The van der Waals surface area contributed by atoms with Crippen LogP contribution in [0, 0.1) is 0 Å². The van der Waals surface area contributed by atoms with Crippen molar-refractivity contribution >= 4 is 5.91 Å². The molecule has 112 valence electrons. The van der Waals surface area contributed by atoms with Crippen LogP contribution < -0.4 is 5.32 Å². The Labute approximate surface area is 115 Å². The van der Waals surface area contributed by atoms with Gasteiger partial charge in [0.1, 0.15) is 11.9 Å². The number of amides is 1. The molecule has 6 nitrogen and oxygen atoms in total. The van der Waals surface area contributed by atoms with Gasteiger partial charge in [-0.25, -0.2) is 4.98 Å². The topological polar surface area (TPSA) is 59.4 Å². The second-order valence-electron chi connectivity index (χ2n) is 4.73. The zero-order chi connectivity index (χ0) is 14.7. The van der Waals surface area contributed by atoms with Crippen molar-refractivity contribution in [3.63, 3.8) is 0 Å². The lowest BCUT2D eigenvalue weighted by Crippen LogP contribution is -2.55. The highest BCUT2D eigenvalue weighted by molar-refractivity contribution is 5.82. The van der Waals surface area contributed by atoms with E-state index in [1.807, 2.05) is 6.92 Å². The first-order valence-corrected chi connectivity index (χ1v) is 6.40. The van der Waals surface area contributed by atoms with Gasteiger partial charge in [0.05, 0.1) is 19.3 Å². The minimum absolute atomic E-state index is 0.0288. The fourth-order valence-corrected chi connectivity index (χ4v) is 2.18. The normalized spacial score (nSPS) is 23.1. The Morgan fingerprint density at radius 3 is 3.10 bits per heavy atom. The summed E-state index contributed by atoms with van der Waals surface area (Å²) in [5.41, 5.74) is 0. The number of likely N-dealkylation sites (N-methyl/N-ethyl adjacent to an activating group) is 1. The van der Waals surface area contributed by atoms with Crippen molar-refractivity contribution in [3.05, 3.63) is 18.2 Å². The fraction of sp³-hybridized carbons (Fsp3) is 0.667. The molecule has 1 amide bonds.